The molecule has 0 spiro atoms. The van der Waals surface area contributed by atoms with Crippen molar-refractivity contribution in [1.29, 1.82) is 0 Å². The van der Waals surface area contributed by atoms with E-state index in [0.717, 1.165) is 33.6 Å². The van der Waals surface area contributed by atoms with E-state index in [1.54, 1.807) is 18.7 Å². The number of ether oxygens (including phenoxy) is 1. The van der Waals surface area contributed by atoms with E-state index in [2.05, 4.69) is 24.8 Å². The van der Waals surface area contributed by atoms with Crippen LogP contribution in [0.1, 0.15) is 17.0 Å². The second kappa shape index (κ2) is 6.54. The maximum Gasteiger partial charge on any atom is 0.218 e. The summed E-state index contributed by atoms with van der Waals surface area (Å²) < 4.78 is 6.02. The maximum atomic E-state index is 7.33. The summed E-state index contributed by atoms with van der Waals surface area (Å²) in [6, 6.07) is 7.70. The molecular weight excluding hydrogens is 338 g/mol. The number of hydrogen-bond donors (Lipinski definition) is 1. The highest BCUT2D eigenvalue weighted by atomic mass is 16.5. The van der Waals surface area contributed by atoms with E-state index in [-0.39, 0.29) is 0 Å². The Bertz CT molecular complexity index is 1180. The summed E-state index contributed by atoms with van der Waals surface area (Å²) in [4.78, 5) is 19.5. The number of rotatable bonds is 3. The van der Waals surface area contributed by atoms with Crippen molar-refractivity contribution in [3.05, 3.63) is 71.4 Å². The van der Waals surface area contributed by atoms with E-state index in [1.165, 1.54) is 0 Å². The SMILES string of the molecule is [C-]#[N+]c1c[nH]c2ccnc(Oc3ccc(-c4c(C)ncnc4C)c(C)c3)c12. The Balaban J connectivity index is 1.75. The third kappa shape index (κ3) is 2.89. The fourth-order valence-electron chi connectivity index (χ4n) is 3.27. The van der Waals surface area contributed by atoms with Gasteiger partial charge in [0, 0.05) is 34.9 Å². The van der Waals surface area contributed by atoms with Gasteiger partial charge in [0.05, 0.1) is 12.0 Å². The van der Waals surface area contributed by atoms with Gasteiger partial charge in [-0.1, -0.05) is 6.07 Å². The van der Waals surface area contributed by atoms with Gasteiger partial charge in [-0.3, -0.25) is 0 Å². The number of nitrogens with one attached hydrogen (secondary N) is 1. The van der Waals surface area contributed by atoms with Crippen LogP contribution in [0, 0.1) is 27.3 Å². The summed E-state index contributed by atoms with van der Waals surface area (Å²) in [5.74, 6) is 1.09. The van der Waals surface area contributed by atoms with Crippen molar-refractivity contribution in [3.8, 4) is 22.8 Å². The topological polar surface area (TPSA) is 68.0 Å². The number of nitrogens with zero attached hydrogens (tertiary/aromatic N) is 4. The number of aromatic nitrogens is 4. The van der Waals surface area contributed by atoms with Crippen LogP contribution in [-0.4, -0.2) is 19.9 Å². The van der Waals surface area contributed by atoms with E-state index in [0.29, 0.717) is 22.7 Å². The Morgan fingerprint density at radius 3 is 2.52 bits per heavy atom. The number of aromatic amines is 1. The highest BCUT2D eigenvalue weighted by molar-refractivity contribution is 5.96. The lowest BCUT2D eigenvalue weighted by Gasteiger charge is -2.13. The molecule has 0 bridgehead atoms. The van der Waals surface area contributed by atoms with Crippen LogP contribution in [0.3, 0.4) is 0 Å². The van der Waals surface area contributed by atoms with Gasteiger partial charge in [0.15, 0.2) is 0 Å². The van der Waals surface area contributed by atoms with Crippen LogP contribution in [0.5, 0.6) is 11.6 Å². The molecule has 1 aromatic carbocycles. The third-order valence-electron chi connectivity index (χ3n) is 4.57. The van der Waals surface area contributed by atoms with E-state index in [9.17, 15) is 0 Å². The second-order valence-electron chi connectivity index (χ2n) is 6.32. The molecule has 1 N–H and O–H groups in total. The Morgan fingerprint density at radius 1 is 1.04 bits per heavy atom. The molecule has 0 fully saturated rings. The molecule has 0 aliphatic rings. The van der Waals surface area contributed by atoms with Crippen molar-refractivity contribution in [3.63, 3.8) is 0 Å². The molecule has 0 aliphatic heterocycles. The molecule has 0 unspecified atom stereocenters. The molecule has 132 valence electrons. The van der Waals surface area contributed by atoms with Gasteiger partial charge in [0.2, 0.25) is 11.6 Å². The first kappa shape index (κ1) is 16.7. The Hall–Kier alpha value is -3.72. The zero-order valence-corrected chi connectivity index (χ0v) is 15.2. The summed E-state index contributed by atoms with van der Waals surface area (Å²) in [6.45, 7) is 13.3. The van der Waals surface area contributed by atoms with Crippen LogP contribution in [0.25, 0.3) is 26.9 Å². The van der Waals surface area contributed by atoms with E-state index in [4.69, 9.17) is 11.3 Å². The van der Waals surface area contributed by atoms with Gasteiger partial charge >= 0.3 is 0 Å². The first-order chi connectivity index (χ1) is 13.1. The third-order valence-corrected chi connectivity index (χ3v) is 4.57. The number of hydrogen-bond acceptors (Lipinski definition) is 4. The van der Waals surface area contributed by atoms with Crippen molar-refractivity contribution in [2.75, 3.05) is 0 Å². The molecule has 3 heterocycles. The molecule has 4 aromatic rings. The predicted octanol–water partition coefficient (Wildman–Crippen LogP) is 5.29. The van der Waals surface area contributed by atoms with Gasteiger partial charge in [-0.05, 0) is 50.1 Å². The second-order valence-corrected chi connectivity index (χ2v) is 6.32. The van der Waals surface area contributed by atoms with Crippen molar-refractivity contribution < 1.29 is 4.74 Å². The Morgan fingerprint density at radius 2 is 1.81 bits per heavy atom. The predicted molar refractivity (Wildman–Crippen MR) is 104 cm³/mol. The number of H-pyrrole nitrogens is 1. The molecule has 0 saturated carbocycles. The summed E-state index contributed by atoms with van der Waals surface area (Å²) >= 11 is 0. The van der Waals surface area contributed by atoms with Crippen LogP contribution in [0.15, 0.2) is 43.0 Å². The summed E-state index contributed by atoms with van der Waals surface area (Å²) in [7, 11) is 0. The highest BCUT2D eigenvalue weighted by Crippen LogP contribution is 2.36. The average molecular weight is 355 g/mol. The average Bonchev–Trinajstić information content (AvgIpc) is 3.07. The number of pyridine rings is 1. The number of benzene rings is 1. The first-order valence-corrected chi connectivity index (χ1v) is 8.49. The van der Waals surface area contributed by atoms with Crippen molar-refractivity contribution in [1.82, 2.24) is 19.9 Å². The van der Waals surface area contributed by atoms with Crippen LogP contribution in [-0.2, 0) is 0 Å². The van der Waals surface area contributed by atoms with Gasteiger partial charge in [-0.2, -0.15) is 0 Å². The van der Waals surface area contributed by atoms with Crippen LogP contribution < -0.4 is 4.74 Å². The number of aryl methyl sites for hydroxylation is 3. The Labute approximate surface area is 156 Å². The van der Waals surface area contributed by atoms with Gasteiger partial charge in [-0.15, -0.1) is 0 Å². The van der Waals surface area contributed by atoms with Crippen LogP contribution >= 0.6 is 0 Å². The van der Waals surface area contributed by atoms with Gasteiger partial charge in [0.1, 0.15) is 12.1 Å². The molecule has 4 rings (SSSR count). The summed E-state index contributed by atoms with van der Waals surface area (Å²) in [6.07, 6.45) is 4.91. The molecule has 0 radical (unpaired) electrons. The molecular formula is C21H17N5O. The zero-order valence-electron chi connectivity index (χ0n) is 15.2. The van der Waals surface area contributed by atoms with Gasteiger partial charge in [-0.25, -0.2) is 19.8 Å². The van der Waals surface area contributed by atoms with Crippen molar-refractivity contribution in [2.45, 2.75) is 20.8 Å². The normalized spacial score (nSPS) is 10.7. The van der Waals surface area contributed by atoms with E-state index < -0.39 is 0 Å². The largest absolute Gasteiger partial charge is 0.440 e. The van der Waals surface area contributed by atoms with E-state index in [1.807, 2.05) is 45.0 Å². The standard InChI is InChI=1S/C21H17N5O/c1-12-9-15(5-6-16(12)19-13(2)25-11-26-14(19)3)27-21-20-17(7-8-23-21)24-10-18(20)22-4/h5-11,24H,1-3H3. The lowest BCUT2D eigenvalue weighted by molar-refractivity contribution is 0.469. The fraction of sp³-hybridized carbons (Fsp3) is 0.143. The minimum Gasteiger partial charge on any atom is -0.440 e. The molecule has 27 heavy (non-hydrogen) atoms. The molecule has 6 heteroatoms. The fourth-order valence-corrected chi connectivity index (χ4v) is 3.27. The van der Waals surface area contributed by atoms with Crippen molar-refractivity contribution in [2.24, 2.45) is 0 Å². The minimum atomic E-state index is 0.419. The molecule has 0 saturated heterocycles. The highest BCUT2D eigenvalue weighted by Gasteiger charge is 2.14. The van der Waals surface area contributed by atoms with Crippen LogP contribution in [0.4, 0.5) is 5.69 Å². The van der Waals surface area contributed by atoms with Gasteiger partial charge in [0.25, 0.3) is 0 Å². The molecule has 6 nitrogen and oxygen atoms in total. The zero-order chi connectivity index (χ0) is 19.0. The van der Waals surface area contributed by atoms with Gasteiger partial charge < -0.3 is 9.72 Å². The quantitative estimate of drug-likeness (QED) is 0.507. The minimum absolute atomic E-state index is 0.419. The number of fused-ring (bicyclic) bond motifs is 1. The van der Waals surface area contributed by atoms with Crippen molar-refractivity contribution >= 4 is 16.6 Å². The molecule has 3 aromatic heterocycles. The van der Waals surface area contributed by atoms with E-state index >= 15 is 0 Å². The monoisotopic (exact) mass is 355 g/mol. The molecule has 0 aliphatic carbocycles. The lowest BCUT2D eigenvalue weighted by atomic mass is 9.98. The smallest absolute Gasteiger partial charge is 0.218 e. The summed E-state index contributed by atoms with van der Waals surface area (Å²) in [5, 5.41) is 0.692. The lowest BCUT2D eigenvalue weighted by Crippen LogP contribution is -1.97. The maximum absolute atomic E-state index is 7.33. The van der Waals surface area contributed by atoms with Crippen LogP contribution in [0.2, 0.25) is 0 Å². The summed E-state index contributed by atoms with van der Waals surface area (Å²) in [5.41, 5.74) is 6.39. The first-order valence-electron chi connectivity index (χ1n) is 8.49. The Kier molecular flexibility index (Phi) is 4.05. The molecule has 0 amide bonds. The molecule has 0 atom stereocenters.